The Morgan fingerprint density at radius 1 is 0.840 bits per heavy atom. The van der Waals surface area contributed by atoms with E-state index in [4.69, 9.17) is 19.6 Å². The predicted octanol–water partition coefficient (Wildman–Crippen LogP) is 9.53. The summed E-state index contributed by atoms with van der Waals surface area (Å²) < 4.78 is 15.5. The van der Waals surface area contributed by atoms with Crippen LogP contribution in [0, 0.1) is 20.8 Å². The van der Waals surface area contributed by atoms with E-state index in [9.17, 15) is 4.79 Å². The number of hydrogen-bond acceptors (Lipinski definition) is 5. The second-order valence-corrected chi connectivity index (χ2v) is 13.0. The van der Waals surface area contributed by atoms with Crippen LogP contribution in [0.4, 0.5) is 0 Å². The minimum atomic E-state index is -0.226. The summed E-state index contributed by atoms with van der Waals surface area (Å²) in [4.78, 5) is 19.0. The number of ether oxygens (including phenoxy) is 2. The van der Waals surface area contributed by atoms with Crippen LogP contribution in [0.25, 0.3) is 38.8 Å². The SMILES string of the molecule is COc1cc(C)c(-c2nc3ccccc3c(=O)n2N=Cc2cc(C)n(-c3ccc(OCc4cccc5ccccc45)cc3)c2C)cc1C(C)C. The van der Waals surface area contributed by atoms with Gasteiger partial charge in [0.15, 0.2) is 5.82 Å². The van der Waals surface area contributed by atoms with Gasteiger partial charge in [0, 0.05) is 28.2 Å². The lowest BCUT2D eigenvalue weighted by Crippen LogP contribution is -2.21. The number of fused-ring (bicyclic) bond motifs is 2. The summed E-state index contributed by atoms with van der Waals surface area (Å²) in [6, 6.07) is 36.4. The molecule has 0 atom stereocenters. The lowest BCUT2D eigenvalue weighted by atomic mass is 9.96. The molecule has 7 aromatic rings. The van der Waals surface area contributed by atoms with Crippen LogP contribution < -0.4 is 15.0 Å². The van der Waals surface area contributed by atoms with E-state index in [1.807, 2.05) is 43.3 Å². The molecule has 0 bridgehead atoms. The predicted molar refractivity (Wildman–Crippen MR) is 203 cm³/mol. The van der Waals surface area contributed by atoms with E-state index < -0.39 is 0 Å². The van der Waals surface area contributed by atoms with Gasteiger partial charge >= 0.3 is 0 Å². The average Bonchev–Trinajstić information content (AvgIpc) is 3.42. The molecule has 5 aromatic carbocycles. The number of para-hydroxylation sites is 1. The molecule has 50 heavy (non-hydrogen) atoms. The van der Waals surface area contributed by atoms with Crippen LogP contribution in [0.15, 0.2) is 119 Å². The maximum absolute atomic E-state index is 14.0. The Kier molecular flexibility index (Phi) is 8.81. The zero-order chi connectivity index (χ0) is 34.9. The summed E-state index contributed by atoms with van der Waals surface area (Å²) in [5.74, 6) is 2.32. The molecule has 2 aromatic heterocycles. The third-order valence-corrected chi connectivity index (χ3v) is 9.35. The fourth-order valence-electron chi connectivity index (χ4n) is 6.68. The van der Waals surface area contributed by atoms with Crippen LogP contribution in [0.1, 0.15) is 53.4 Å². The van der Waals surface area contributed by atoms with E-state index in [1.165, 1.54) is 15.4 Å². The smallest absolute Gasteiger partial charge is 0.282 e. The molecule has 7 nitrogen and oxygen atoms in total. The molecule has 0 aliphatic rings. The molecule has 0 aliphatic heterocycles. The second-order valence-electron chi connectivity index (χ2n) is 13.0. The molecular weight excluding hydrogens is 620 g/mol. The normalized spacial score (nSPS) is 11.7. The summed E-state index contributed by atoms with van der Waals surface area (Å²) in [6.07, 6.45) is 1.75. The number of benzene rings is 5. The van der Waals surface area contributed by atoms with Crippen molar-refractivity contribution in [1.82, 2.24) is 14.2 Å². The Morgan fingerprint density at radius 3 is 2.32 bits per heavy atom. The number of methoxy groups -OCH3 is 1. The van der Waals surface area contributed by atoms with Crippen molar-refractivity contribution < 1.29 is 9.47 Å². The molecular formula is C43H40N4O3. The number of aromatic nitrogens is 3. The van der Waals surface area contributed by atoms with Crippen molar-refractivity contribution in [2.24, 2.45) is 5.10 Å². The zero-order valence-electron chi connectivity index (χ0n) is 29.3. The van der Waals surface area contributed by atoms with Crippen LogP contribution in [0.2, 0.25) is 0 Å². The highest BCUT2D eigenvalue weighted by Gasteiger charge is 2.19. The van der Waals surface area contributed by atoms with Gasteiger partial charge in [-0.2, -0.15) is 9.78 Å². The van der Waals surface area contributed by atoms with E-state index in [0.29, 0.717) is 23.3 Å². The fraction of sp³-hybridized carbons (Fsp3) is 0.186. The lowest BCUT2D eigenvalue weighted by molar-refractivity contribution is 0.307. The Hall–Kier alpha value is -5.95. The molecule has 0 saturated carbocycles. The van der Waals surface area contributed by atoms with Gasteiger partial charge in [-0.1, -0.05) is 68.4 Å². The minimum absolute atomic E-state index is 0.212. The van der Waals surface area contributed by atoms with Gasteiger partial charge in [0.1, 0.15) is 18.1 Å². The first-order chi connectivity index (χ1) is 24.2. The summed E-state index contributed by atoms with van der Waals surface area (Å²) in [7, 11) is 1.68. The molecule has 0 N–H and O–H groups in total. The van der Waals surface area contributed by atoms with Crippen molar-refractivity contribution in [3.05, 3.63) is 153 Å². The first-order valence-electron chi connectivity index (χ1n) is 16.9. The van der Waals surface area contributed by atoms with Gasteiger partial charge in [0.2, 0.25) is 0 Å². The van der Waals surface area contributed by atoms with E-state index >= 15 is 0 Å². The van der Waals surface area contributed by atoms with E-state index in [0.717, 1.165) is 56.4 Å². The topological polar surface area (TPSA) is 70.6 Å². The van der Waals surface area contributed by atoms with Gasteiger partial charge in [0.25, 0.3) is 5.56 Å². The third-order valence-electron chi connectivity index (χ3n) is 9.35. The maximum atomic E-state index is 14.0. The molecule has 7 heteroatoms. The van der Waals surface area contributed by atoms with Crippen LogP contribution in [-0.2, 0) is 6.61 Å². The molecule has 250 valence electrons. The lowest BCUT2D eigenvalue weighted by Gasteiger charge is -2.17. The van der Waals surface area contributed by atoms with Gasteiger partial charge in [-0.3, -0.25) is 4.79 Å². The Morgan fingerprint density at radius 2 is 1.56 bits per heavy atom. The molecule has 0 amide bonds. The van der Waals surface area contributed by atoms with Gasteiger partial charge in [0.05, 0.1) is 24.2 Å². The molecule has 0 aliphatic carbocycles. The fourth-order valence-corrected chi connectivity index (χ4v) is 6.68. The summed E-state index contributed by atoms with van der Waals surface area (Å²) >= 11 is 0. The highest BCUT2D eigenvalue weighted by atomic mass is 16.5. The molecule has 0 saturated heterocycles. The Labute approximate surface area is 292 Å². The van der Waals surface area contributed by atoms with Crippen molar-refractivity contribution in [1.29, 1.82) is 0 Å². The summed E-state index contributed by atoms with van der Waals surface area (Å²) in [5, 5.41) is 7.73. The number of aryl methyl sites for hydroxylation is 2. The number of hydrogen-bond donors (Lipinski definition) is 0. The largest absolute Gasteiger partial charge is 0.496 e. The van der Waals surface area contributed by atoms with Gasteiger partial charge in [-0.05, 0) is 109 Å². The zero-order valence-corrected chi connectivity index (χ0v) is 29.3. The Bertz CT molecular complexity index is 2450. The Balaban J connectivity index is 1.21. The monoisotopic (exact) mass is 660 g/mol. The van der Waals surface area contributed by atoms with Crippen LogP contribution in [0.3, 0.4) is 0 Å². The highest BCUT2D eigenvalue weighted by Crippen LogP contribution is 2.34. The van der Waals surface area contributed by atoms with Crippen molar-refractivity contribution in [2.75, 3.05) is 7.11 Å². The quantitative estimate of drug-likeness (QED) is 0.145. The third kappa shape index (κ3) is 6.07. The van der Waals surface area contributed by atoms with E-state index in [-0.39, 0.29) is 11.5 Å². The highest BCUT2D eigenvalue weighted by molar-refractivity contribution is 5.86. The van der Waals surface area contributed by atoms with Crippen LogP contribution in [0.5, 0.6) is 11.5 Å². The van der Waals surface area contributed by atoms with E-state index in [1.54, 1.807) is 19.4 Å². The number of rotatable bonds is 9. The molecule has 0 unspecified atom stereocenters. The molecule has 7 rings (SSSR count). The van der Waals surface area contributed by atoms with Gasteiger partial charge in [-0.25, -0.2) is 4.98 Å². The first-order valence-corrected chi connectivity index (χ1v) is 16.9. The van der Waals surface area contributed by atoms with E-state index in [2.05, 4.69) is 99.0 Å². The average molecular weight is 661 g/mol. The molecule has 0 fully saturated rings. The molecule has 0 radical (unpaired) electrons. The van der Waals surface area contributed by atoms with Crippen LogP contribution >= 0.6 is 0 Å². The second kappa shape index (κ2) is 13.5. The van der Waals surface area contributed by atoms with Crippen LogP contribution in [-0.4, -0.2) is 27.6 Å². The minimum Gasteiger partial charge on any atom is -0.496 e. The summed E-state index contributed by atoms with van der Waals surface area (Å²) in [5.41, 5.74) is 8.34. The van der Waals surface area contributed by atoms with Crippen molar-refractivity contribution >= 4 is 27.9 Å². The molecule has 2 heterocycles. The van der Waals surface area contributed by atoms with Crippen molar-refractivity contribution in [3.63, 3.8) is 0 Å². The maximum Gasteiger partial charge on any atom is 0.282 e. The van der Waals surface area contributed by atoms with Crippen molar-refractivity contribution in [2.45, 2.75) is 47.1 Å². The van der Waals surface area contributed by atoms with Gasteiger partial charge < -0.3 is 14.0 Å². The molecule has 0 spiro atoms. The number of nitrogens with zero attached hydrogens (tertiary/aromatic N) is 4. The summed E-state index contributed by atoms with van der Waals surface area (Å²) in [6.45, 7) is 10.9. The first kappa shape index (κ1) is 32.6. The van der Waals surface area contributed by atoms with Crippen molar-refractivity contribution in [3.8, 4) is 28.6 Å². The van der Waals surface area contributed by atoms with Gasteiger partial charge in [-0.15, -0.1) is 0 Å². The standard InChI is InChI=1S/C43H40N4O3/c1-27(2)38-24-39(28(3)22-41(38)49-6)42-45-40-17-10-9-16-37(40)43(48)47(42)44-25-33-23-29(4)46(30(33)5)34-18-20-35(21-19-34)50-26-32-14-11-13-31-12-7-8-15-36(31)32/h7-25,27H,26H2,1-6H3.